The summed E-state index contributed by atoms with van der Waals surface area (Å²) in [5.41, 5.74) is 0. The molecule has 0 rings (SSSR count). The van der Waals surface area contributed by atoms with Crippen LogP contribution in [-0.2, 0) is 9.53 Å². The molecular formula is C14H24FIO2. The first kappa shape index (κ1) is 17.9. The molecule has 0 N–H and O–H groups in total. The first-order chi connectivity index (χ1) is 8.56. The standard InChI is InChI=1S/C14H24FIO2/c1-12(2)18-14(17)10-8-6-4-3-5-7-9-13(15)11-16/h11-12H,3-10H2,1-2H3/b13-11+. The average molecular weight is 370 g/mol. The predicted molar refractivity (Wildman–Crippen MR) is 81.4 cm³/mol. The number of allylic oxidation sites excluding steroid dienone is 1. The molecule has 0 saturated heterocycles. The second kappa shape index (κ2) is 11.9. The molecule has 0 aliphatic heterocycles. The van der Waals surface area contributed by atoms with Crippen molar-refractivity contribution in [1.82, 2.24) is 0 Å². The van der Waals surface area contributed by atoms with Crippen molar-refractivity contribution in [2.75, 3.05) is 0 Å². The Labute approximate surface area is 123 Å². The Morgan fingerprint density at radius 2 is 1.61 bits per heavy atom. The fourth-order valence-corrected chi connectivity index (χ4v) is 1.96. The molecule has 0 fully saturated rings. The summed E-state index contributed by atoms with van der Waals surface area (Å²) in [6.07, 6.45) is 7.23. The highest BCUT2D eigenvalue weighted by atomic mass is 127. The Hall–Kier alpha value is -0.130. The van der Waals surface area contributed by atoms with E-state index in [0.717, 1.165) is 38.5 Å². The molecule has 0 spiro atoms. The Bertz CT molecular complexity index is 252. The Morgan fingerprint density at radius 1 is 1.11 bits per heavy atom. The van der Waals surface area contributed by atoms with E-state index in [1.165, 1.54) is 4.08 Å². The molecule has 18 heavy (non-hydrogen) atoms. The van der Waals surface area contributed by atoms with Gasteiger partial charge in [0.1, 0.15) is 5.83 Å². The number of hydrogen-bond acceptors (Lipinski definition) is 2. The lowest BCUT2D eigenvalue weighted by molar-refractivity contribution is -0.147. The Balaban J connectivity index is 3.24. The molecule has 0 aliphatic rings. The second-order valence-corrected chi connectivity index (χ2v) is 5.34. The number of halogens is 2. The molecule has 0 aromatic heterocycles. The van der Waals surface area contributed by atoms with Crippen molar-refractivity contribution in [2.24, 2.45) is 0 Å². The van der Waals surface area contributed by atoms with E-state index in [-0.39, 0.29) is 17.9 Å². The van der Waals surface area contributed by atoms with Crippen LogP contribution >= 0.6 is 22.6 Å². The van der Waals surface area contributed by atoms with Crippen molar-refractivity contribution < 1.29 is 13.9 Å². The van der Waals surface area contributed by atoms with E-state index in [2.05, 4.69) is 0 Å². The summed E-state index contributed by atoms with van der Waals surface area (Å²) in [7, 11) is 0. The molecule has 0 bridgehead atoms. The van der Waals surface area contributed by atoms with Crippen LogP contribution in [0.4, 0.5) is 4.39 Å². The molecule has 4 heteroatoms. The molecule has 0 heterocycles. The maximum absolute atomic E-state index is 12.8. The summed E-state index contributed by atoms with van der Waals surface area (Å²) in [6.45, 7) is 3.72. The van der Waals surface area contributed by atoms with Crippen LogP contribution in [0.5, 0.6) is 0 Å². The summed E-state index contributed by atoms with van der Waals surface area (Å²) in [5.74, 6) is -0.119. The lowest BCUT2D eigenvalue weighted by Crippen LogP contribution is -2.10. The van der Waals surface area contributed by atoms with Gasteiger partial charge in [0.15, 0.2) is 0 Å². The van der Waals surface area contributed by atoms with Gasteiger partial charge in [0.2, 0.25) is 0 Å². The highest BCUT2D eigenvalue weighted by Crippen LogP contribution is 2.14. The van der Waals surface area contributed by atoms with Crippen molar-refractivity contribution in [3.05, 3.63) is 9.91 Å². The van der Waals surface area contributed by atoms with Crippen LogP contribution in [0.25, 0.3) is 0 Å². The third-order valence-electron chi connectivity index (χ3n) is 2.53. The molecule has 2 nitrogen and oxygen atoms in total. The number of unbranched alkanes of at least 4 members (excludes halogenated alkanes) is 5. The molecule has 0 unspecified atom stereocenters. The summed E-state index contributed by atoms with van der Waals surface area (Å²) in [4.78, 5) is 11.2. The minimum atomic E-state index is -0.0979. The zero-order chi connectivity index (χ0) is 13.8. The monoisotopic (exact) mass is 370 g/mol. The number of carbonyl (C=O) groups excluding carboxylic acids is 1. The largest absolute Gasteiger partial charge is 0.463 e. The smallest absolute Gasteiger partial charge is 0.306 e. The van der Waals surface area contributed by atoms with Gasteiger partial charge in [-0.1, -0.05) is 48.3 Å². The maximum atomic E-state index is 12.8. The van der Waals surface area contributed by atoms with Crippen LogP contribution in [0.15, 0.2) is 9.91 Å². The van der Waals surface area contributed by atoms with Gasteiger partial charge in [-0.15, -0.1) is 0 Å². The van der Waals surface area contributed by atoms with Gasteiger partial charge in [-0.05, 0) is 33.1 Å². The minimum Gasteiger partial charge on any atom is -0.463 e. The fraction of sp³-hybridized carbons (Fsp3) is 0.786. The maximum Gasteiger partial charge on any atom is 0.306 e. The number of hydrogen-bond donors (Lipinski definition) is 0. The Morgan fingerprint density at radius 3 is 2.11 bits per heavy atom. The molecule has 0 aromatic rings. The van der Waals surface area contributed by atoms with E-state index in [1.807, 2.05) is 36.4 Å². The number of carbonyl (C=O) groups is 1. The highest BCUT2D eigenvalue weighted by Gasteiger charge is 2.04. The lowest BCUT2D eigenvalue weighted by Gasteiger charge is -2.07. The highest BCUT2D eigenvalue weighted by molar-refractivity contribution is 14.1. The molecule has 0 amide bonds. The number of esters is 1. The molecule has 0 aromatic carbocycles. The SMILES string of the molecule is CC(C)OC(=O)CCCCCCCC/C(F)=C\I. The summed E-state index contributed by atoms with van der Waals surface area (Å²) >= 11 is 1.93. The third-order valence-corrected chi connectivity index (χ3v) is 3.21. The average Bonchev–Trinajstić information content (AvgIpc) is 2.31. The molecule has 0 atom stereocenters. The number of ether oxygens (including phenoxy) is 1. The van der Waals surface area contributed by atoms with Gasteiger partial charge >= 0.3 is 5.97 Å². The molecule has 0 saturated carbocycles. The van der Waals surface area contributed by atoms with Crippen LogP contribution in [0.2, 0.25) is 0 Å². The van der Waals surface area contributed by atoms with Gasteiger partial charge < -0.3 is 4.74 Å². The minimum absolute atomic E-state index is 0.0154. The van der Waals surface area contributed by atoms with Crippen molar-refractivity contribution in [2.45, 2.75) is 71.3 Å². The summed E-state index contributed by atoms with van der Waals surface area (Å²) in [5, 5.41) is 0. The Kier molecular flexibility index (Phi) is 11.8. The van der Waals surface area contributed by atoms with Crippen LogP contribution in [0.1, 0.15) is 65.2 Å². The third kappa shape index (κ3) is 12.3. The van der Waals surface area contributed by atoms with Crippen molar-refractivity contribution >= 4 is 28.6 Å². The van der Waals surface area contributed by atoms with Crippen LogP contribution in [-0.4, -0.2) is 12.1 Å². The molecule has 106 valence electrons. The van der Waals surface area contributed by atoms with E-state index in [4.69, 9.17) is 4.74 Å². The topological polar surface area (TPSA) is 26.3 Å². The van der Waals surface area contributed by atoms with E-state index in [0.29, 0.717) is 12.8 Å². The van der Waals surface area contributed by atoms with Crippen LogP contribution in [0.3, 0.4) is 0 Å². The van der Waals surface area contributed by atoms with Crippen LogP contribution in [0, 0.1) is 0 Å². The van der Waals surface area contributed by atoms with Gasteiger partial charge in [0.25, 0.3) is 0 Å². The van der Waals surface area contributed by atoms with E-state index in [9.17, 15) is 9.18 Å². The molecule has 0 aliphatic carbocycles. The van der Waals surface area contributed by atoms with E-state index >= 15 is 0 Å². The summed E-state index contributed by atoms with van der Waals surface area (Å²) in [6, 6.07) is 0. The fourth-order valence-electron chi connectivity index (χ4n) is 1.65. The zero-order valence-corrected chi connectivity index (χ0v) is 13.5. The second-order valence-electron chi connectivity index (χ2n) is 4.72. The van der Waals surface area contributed by atoms with Gasteiger partial charge in [0, 0.05) is 10.5 Å². The first-order valence-electron chi connectivity index (χ1n) is 6.70. The van der Waals surface area contributed by atoms with Crippen molar-refractivity contribution in [3.8, 4) is 0 Å². The van der Waals surface area contributed by atoms with Gasteiger partial charge in [-0.3, -0.25) is 4.79 Å². The van der Waals surface area contributed by atoms with Gasteiger partial charge in [0.05, 0.1) is 6.10 Å². The van der Waals surface area contributed by atoms with E-state index < -0.39 is 0 Å². The first-order valence-corrected chi connectivity index (χ1v) is 7.95. The molecular weight excluding hydrogens is 346 g/mol. The predicted octanol–water partition coefficient (Wildman–Crippen LogP) is 5.30. The molecule has 0 radical (unpaired) electrons. The van der Waals surface area contributed by atoms with Crippen molar-refractivity contribution in [1.29, 1.82) is 0 Å². The zero-order valence-electron chi connectivity index (χ0n) is 11.4. The van der Waals surface area contributed by atoms with Crippen LogP contribution < -0.4 is 0 Å². The van der Waals surface area contributed by atoms with Gasteiger partial charge in [-0.25, -0.2) is 4.39 Å². The van der Waals surface area contributed by atoms with Gasteiger partial charge in [-0.2, -0.15) is 0 Å². The summed E-state index contributed by atoms with van der Waals surface area (Å²) < 4.78 is 19.3. The lowest BCUT2D eigenvalue weighted by atomic mass is 10.1. The van der Waals surface area contributed by atoms with Crippen molar-refractivity contribution in [3.63, 3.8) is 0 Å². The quantitative estimate of drug-likeness (QED) is 0.296. The van der Waals surface area contributed by atoms with E-state index in [1.54, 1.807) is 0 Å². The number of rotatable bonds is 10. The normalized spacial score (nSPS) is 11.9.